The number of nitriles is 1. The number of carbonyl (C=O) groups excluding carboxylic acids is 1. The van der Waals surface area contributed by atoms with E-state index < -0.39 is 5.91 Å². The molecule has 0 bridgehead atoms. The van der Waals surface area contributed by atoms with Crippen molar-refractivity contribution in [1.29, 1.82) is 5.26 Å². The molecule has 0 unspecified atom stereocenters. The van der Waals surface area contributed by atoms with Gasteiger partial charge in [0, 0.05) is 37.6 Å². The average molecular weight is 374 g/mol. The Hall–Kier alpha value is -2.76. The van der Waals surface area contributed by atoms with E-state index in [0.717, 1.165) is 39.3 Å². The number of morpholine rings is 1. The van der Waals surface area contributed by atoms with Crippen LogP contribution in [0.4, 0.5) is 5.69 Å². The third-order valence-electron chi connectivity index (χ3n) is 4.15. The van der Waals surface area contributed by atoms with E-state index in [1.54, 1.807) is 18.2 Å². The van der Waals surface area contributed by atoms with Crippen molar-refractivity contribution in [2.24, 2.45) is 0 Å². The summed E-state index contributed by atoms with van der Waals surface area (Å²) in [7, 11) is 3.06. The predicted octanol–water partition coefficient (Wildman–Crippen LogP) is 1.36. The van der Waals surface area contributed by atoms with Gasteiger partial charge in [-0.05, 0) is 25.1 Å². The van der Waals surface area contributed by atoms with Gasteiger partial charge in [0.2, 0.25) is 0 Å². The van der Waals surface area contributed by atoms with Crippen LogP contribution in [-0.2, 0) is 9.53 Å². The van der Waals surface area contributed by atoms with Gasteiger partial charge < -0.3 is 24.8 Å². The van der Waals surface area contributed by atoms with Crippen molar-refractivity contribution in [3.8, 4) is 17.6 Å². The van der Waals surface area contributed by atoms with E-state index in [0.29, 0.717) is 23.7 Å². The first-order valence-electron chi connectivity index (χ1n) is 8.85. The highest BCUT2D eigenvalue weighted by Gasteiger charge is 2.12. The molecule has 0 spiro atoms. The first-order valence-corrected chi connectivity index (χ1v) is 8.85. The number of methoxy groups -OCH3 is 2. The molecule has 1 aliphatic heterocycles. The van der Waals surface area contributed by atoms with Crippen molar-refractivity contribution in [3.05, 3.63) is 30.0 Å². The number of nitrogens with one attached hydrogen (secondary N) is 2. The van der Waals surface area contributed by atoms with Crippen LogP contribution in [0.3, 0.4) is 0 Å². The van der Waals surface area contributed by atoms with Crippen molar-refractivity contribution in [2.45, 2.75) is 6.42 Å². The lowest BCUT2D eigenvalue weighted by atomic mass is 10.2. The van der Waals surface area contributed by atoms with Crippen LogP contribution in [-0.4, -0.2) is 64.4 Å². The van der Waals surface area contributed by atoms with E-state index in [-0.39, 0.29) is 5.57 Å². The summed E-state index contributed by atoms with van der Waals surface area (Å²) in [6.45, 7) is 5.11. The second-order valence-electron chi connectivity index (χ2n) is 5.96. The number of amides is 1. The summed E-state index contributed by atoms with van der Waals surface area (Å²) in [5.41, 5.74) is 0.530. The Morgan fingerprint density at radius 3 is 2.70 bits per heavy atom. The number of hydrogen-bond acceptors (Lipinski definition) is 7. The summed E-state index contributed by atoms with van der Waals surface area (Å²) in [4.78, 5) is 14.6. The summed E-state index contributed by atoms with van der Waals surface area (Å²) < 4.78 is 15.7. The van der Waals surface area contributed by atoms with Gasteiger partial charge in [0.15, 0.2) is 11.5 Å². The number of nitrogens with zero attached hydrogens (tertiary/aromatic N) is 2. The lowest BCUT2D eigenvalue weighted by molar-refractivity contribution is -0.112. The van der Waals surface area contributed by atoms with Crippen LogP contribution in [0.25, 0.3) is 0 Å². The van der Waals surface area contributed by atoms with Gasteiger partial charge in [0.25, 0.3) is 5.91 Å². The maximum atomic E-state index is 12.3. The first kappa shape index (κ1) is 20.6. The SMILES string of the molecule is COc1ccc(NC(=O)/C(C#N)=C\NCCCN2CCOCC2)cc1OC. The van der Waals surface area contributed by atoms with Gasteiger partial charge in [-0.1, -0.05) is 0 Å². The Morgan fingerprint density at radius 2 is 2.04 bits per heavy atom. The zero-order valence-electron chi connectivity index (χ0n) is 15.8. The van der Waals surface area contributed by atoms with Crippen molar-refractivity contribution in [2.75, 3.05) is 58.9 Å². The van der Waals surface area contributed by atoms with Crippen LogP contribution < -0.4 is 20.1 Å². The number of hydrogen-bond donors (Lipinski definition) is 2. The van der Waals surface area contributed by atoms with Gasteiger partial charge in [0.05, 0.1) is 27.4 Å². The first-order chi connectivity index (χ1) is 13.2. The number of benzene rings is 1. The van der Waals surface area contributed by atoms with E-state index in [1.807, 2.05) is 6.07 Å². The molecule has 1 fully saturated rings. The Morgan fingerprint density at radius 1 is 1.30 bits per heavy atom. The molecule has 2 rings (SSSR count). The Bertz CT molecular complexity index is 693. The molecule has 2 N–H and O–H groups in total. The highest BCUT2D eigenvalue weighted by Crippen LogP contribution is 2.29. The molecule has 1 amide bonds. The average Bonchev–Trinajstić information content (AvgIpc) is 2.71. The largest absolute Gasteiger partial charge is 0.493 e. The smallest absolute Gasteiger partial charge is 0.267 e. The molecule has 1 aliphatic rings. The molecule has 1 aromatic rings. The summed E-state index contributed by atoms with van der Waals surface area (Å²) in [6, 6.07) is 6.93. The fraction of sp³-hybridized carbons (Fsp3) is 0.474. The molecule has 0 aliphatic carbocycles. The molecular weight excluding hydrogens is 348 g/mol. The van der Waals surface area contributed by atoms with Crippen LogP contribution in [0, 0.1) is 11.3 Å². The standard InChI is InChI=1S/C19H26N4O4/c1-25-17-5-4-16(12-18(17)26-2)22-19(24)15(13-20)14-21-6-3-7-23-8-10-27-11-9-23/h4-5,12,14,21H,3,6-11H2,1-2H3,(H,22,24)/b15-14-. The number of carbonyl (C=O) groups is 1. The summed E-state index contributed by atoms with van der Waals surface area (Å²) in [5.74, 6) is 0.581. The van der Waals surface area contributed by atoms with Crippen molar-refractivity contribution in [3.63, 3.8) is 0 Å². The molecule has 8 nitrogen and oxygen atoms in total. The van der Waals surface area contributed by atoms with E-state index in [4.69, 9.17) is 14.2 Å². The maximum absolute atomic E-state index is 12.3. The second kappa shape index (κ2) is 11.1. The van der Waals surface area contributed by atoms with E-state index >= 15 is 0 Å². The fourth-order valence-corrected chi connectivity index (χ4v) is 2.66. The Kier molecular flexibility index (Phi) is 8.42. The van der Waals surface area contributed by atoms with Gasteiger partial charge in [-0.2, -0.15) is 5.26 Å². The van der Waals surface area contributed by atoms with E-state index in [9.17, 15) is 10.1 Å². The van der Waals surface area contributed by atoms with E-state index in [1.165, 1.54) is 20.4 Å². The van der Waals surface area contributed by atoms with Gasteiger partial charge in [-0.25, -0.2) is 0 Å². The minimum absolute atomic E-state index is 0.0103. The maximum Gasteiger partial charge on any atom is 0.267 e. The topological polar surface area (TPSA) is 95.8 Å². The van der Waals surface area contributed by atoms with E-state index in [2.05, 4.69) is 15.5 Å². The van der Waals surface area contributed by atoms with Crippen LogP contribution >= 0.6 is 0 Å². The number of ether oxygens (including phenoxy) is 3. The van der Waals surface area contributed by atoms with Crippen LogP contribution in [0.2, 0.25) is 0 Å². The molecule has 0 radical (unpaired) electrons. The zero-order valence-corrected chi connectivity index (χ0v) is 15.8. The minimum atomic E-state index is -0.481. The highest BCUT2D eigenvalue weighted by molar-refractivity contribution is 6.06. The summed E-state index contributed by atoms with van der Waals surface area (Å²) in [5, 5.41) is 15.0. The Balaban J connectivity index is 1.82. The molecule has 27 heavy (non-hydrogen) atoms. The Labute approximate surface area is 159 Å². The lowest BCUT2D eigenvalue weighted by Crippen LogP contribution is -2.37. The van der Waals surface area contributed by atoms with Gasteiger partial charge in [0.1, 0.15) is 11.6 Å². The van der Waals surface area contributed by atoms with Crippen molar-refractivity contribution in [1.82, 2.24) is 10.2 Å². The normalized spacial score (nSPS) is 14.9. The van der Waals surface area contributed by atoms with Crippen LogP contribution in [0.1, 0.15) is 6.42 Å². The third kappa shape index (κ3) is 6.47. The third-order valence-corrected chi connectivity index (χ3v) is 4.15. The summed E-state index contributed by atoms with van der Waals surface area (Å²) in [6.07, 6.45) is 2.38. The quantitative estimate of drug-likeness (QED) is 0.383. The molecule has 1 saturated heterocycles. The molecule has 0 saturated carbocycles. The van der Waals surface area contributed by atoms with Crippen molar-refractivity contribution < 1.29 is 19.0 Å². The lowest BCUT2D eigenvalue weighted by Gasteiger charge is -2.26. The molecule has 146 valence electrons. The minimum Gasteiger partial charge on any atom is -0.493 e. The predicted molar refractivity (Wildman–Crippen MR) is 102 cm³/mol. The van der Waals surface area contributed by atoms with Crippen LogP contribution in [0.5, 0.6) is 11.5 Å². The van der Waals surface area contributed by atoms with Crippen molar-refractivity contribution >= 4 is 11.6 Å². The van der Waals surface area contributed by atoms with Crippen LogP contribution in [0.15, 0.2) is 30.0 Å². The number of rotatable bonds is 9. The van der Waals surface area contributed by atoms with Gasteiger partial charge >= 0.3 is 0 Å². The fourth-order valence-electron chi connectivity index (χ4n) is 2.66. The molecule has 1 aromatic carbocycles. The zero-order chi connectivity index (χ0) is 19.5. The monoisotopic (exact) mass is 374 g/mol. The summed E-state index contributed by atoms with van der Waals surface area (Å²) >= 11 is 0. The molecule has 1 heterocycles. The number of anilines is 1. The molecule has 0 atom stereocenters. The molecular formula is C19H26N4O4. The van der Waals surface area contributed by atoms with Gasteiger partial charge in [-0.3, -0.25) is 9.69 Å². The highest BCUT2D eigenvalue weighted by atomic mass is 16.5. The molecule has 0 aromatic heterocycles. The molecule has 8 heteroatoms. The van der Waals surface area contributed by atoms with Gasteiger partial charge in [-0.15, -0.1) is 0 Å². The second-order valence-corrected chi connectivity index (χ2v) is 5.96.